The van der Waals surface area contributed by atoms with Crippen LogP contribution in [0.3, 0.4) is 0 Å². The minimum Gasteiger partial charge on any atom is -0.323 e. The maximum atomic E-state index is 12.0. The molecule has 104 valence electrons. The fourth-order valence-corrected chi connectivity index (χ4v) is 2.27. The van der Waals surface area contributed by atoms with Crippen molar-refractivity contribution >= 4 is 29.0 Å². The van der Waals surface area contributed by atoms with E-state index >= 15 is 0 Å². The van der Waals surface area contributed by atoms with Gasteiger partial charge in [-0.1, -0.05) is 0 Å². The van der Waals surface area contributed by atoms with Gasteiger partial charge in [-0.25, -0.2) is 9.78 Å². The number of aromatic nitrogens is 1. The summed E-state index contributed by atoms with van der Waals surface area (Å²) >= 11 is 1.60. The molecule has 20 heavy (non-hydrogen) atoms. The number of anilines is 1. The van der Waals surface area contributed by atoms with Crippen molar-refractivity contribution in [3.63, 3.8) is 0 Å². The molecule has 0 aliphatic rings. The minimum absolute atomic E-state index is 0.0510. The summed E-state index contributed by atoms with van der Waals surface area (Å²) in [6.07, 6.45) is 1.46. The molecule has 0 aliphatic carbocycles. The van der Waals surface area contributed by atoms with E-state index in [0.717, 1.165) is 5.56 Å². The smallest absolute Gasteiger partial charge is 0.323 e. The number of amides is 2. The van der Waals surface area contributed by atoms with Crippen molar-refractivity contribution in [2.24, 2.45) is 0 Å². The van der Waals surface area contributed by atoms with Crippen molar-refractivity contribution in [1.29, 1.82) is 0 Å². The van der Waals surface area contributed by atoms with Crippen LogP contribution in [0, 0.1) is 0 Å². The number of rotatable bonds is 4. The summed E-state index contributed by atoms with van der Waals surface area (Å²) in [5.74, 6) is 0.377. The number of hydrogen-bond acceptors (Lipinski definition) is 4. The average molecular weight is 289 g/mol. The fraction of sp³-hybridized carbons (Fsp3) is 0.214. The summed E-state index contributed by atoms with van der Waals surface area (Å²) in [4.78, 5) is 28.7. The number of urea groups is 1. The second-order valence-electron chi connectivity index (χ2n) is 4.41. The van der Waals surface area contributed by atoms with E-state index in [1.54, 1.807) is 35.4 Å². The molecule has 0 radical (unpaired) electrons. The van der Waals surface area contributed by atoms with Gasteiger partial charge in [0.2, 0.25) is 0 Å². The van der Waals surface area contributed by atoms with Crippen molar-refractivity contribution in [3.05, 3.63) is 46.3 Å². The lowest BCUT2D eigenvalue weighted by atomic mass is 10.2. The van der Waals surface area contributed by atoms with Gasteiger partial charge >= 0.3 is 6.03 Å². The van der Waals surface area contributed by atoms with Gasteiger partial charge in [-0.15, -0.1) is 0 Å². The van der Waals surface area contributed by atoms with Crippen molar-refractivity contribution in [2.45, 2.75) is 13.5 Å². The number of nitrogens with zero attached hydrogens (tertiary/aromatic N) is 2. The Labute approximate surface area is 121 Å². The van der Waals surface area contributed by atoms with Crippen LogP contribution in [0.25, 0.3) is 0 Å². The van der Waals surface area contributed by atoms with Gasteiger partial charge in [-0.3, -0.25) is 10.1 Å². The quantitative estimate of drug-likeness (QED) is 0.880. The maximum absolute atomic E-state index is 12.0. The summed E-state index contributed by atoms with van der Waals surface area (Å²) in [7, 11) is 1.72. The third kappa shape index (κ3) is 3.64. The van der Waals surface area contributed by atoms with E-state index in [-0.39, 0.29) is 11.8 Å². The largest absolute Gasteiger partial charge is 0.323 e. The molecule has 0 atom stereocenters. The Hall–Kier alpha value is -2.21. The molecule has 0 aliphatic heterocycles. The molecule has 2 aromatic heterocycles. The Morgan fingerprint density at radius 1 is 1.35 bits per heavy atom. The molecule has 2 heterocycles. The number of carbonyl (C=O) groups is 2. The summed E-state index contributed by atoms with van der Waals surface area (Å²) in [5, 5.41) is 6.67. The summed E-state index contributed by atoms with van der Waals surface area (Å²) in [5.41, 5.74) is 1.61. The Morgan fingerprint density at radius 3 is 2.70 bits per heavy atom. The third-order valence-electron chi connectivity index (χ3n) is 2.75. The molecular weight excluding hydrogens is 274 g/mol. The van der Waals surface area contributed by atoms with E-state index < -0.39 is 0 Å². The van der Waals surface area contributed by atoms with Crippen LogP contribution in [0.5, 0.6) is 0 Å². The van der Waals surface area contributed by atoms with Crippen LogP contribution < -0.4 is 5.32 Å². The second kappa shape index (κ2) is 6.29. The Bertz CT molecular complexity index is 593. The molecule has 0 saturated carbocycles. The van der Waals surface area contributed by atoms with Gasteiger partial charge in [0, 0.05) is 25.4 Å². The SMILES string of the molecule is CC(=O)c1ccc(NC(=O)N(C)Cc2ccsc2)nc1. The van der Waals surface area contributed by atoms with Crippen LogP contribution in [-0.4, -0.2) is 28.7 Å². The van der Waals surface area contributed by atoms with Gasteiger partial charge in [-0.05, 0) is 41.4 Å². The molecule has 6 heteroatoms. The van der Waals surface area contributed by atoms with Gasteiger partial charge in [-0.2, -0.15) is 11.3 Å². The highest BCUT2D eigenvalue weighted by atomic mass is 32.1. The molecule has 0 bridgehead atoms. The first-order chi connectivity index (χ1) is 9.56. The monoisotopic (exact) mass is 289 g/mol. The molecule has 2 rings (SSSR count). The number of nitrogens with one attached hydrogen (secondary N) is 1. The molecule has 0 spiro atoms. The first-order valence-corrected chi connectivity index (χ1v) is 7.00. The number of Topliss-reactive ketones (excluding diaryl/α,β-unsaturated/α-hetero) is 1. The molecule has 5 nitrogen and oxygen atoms in total. The van der Waals surface area contributed by atoms with E-state index in [1.165, 1.54) is 13.1 Å². The predicted molar refractivity (Wildman–Crippen MR) is 79.0 cm³/mol. The Morgan fingerprint density at radius 2 is 2.15 bits per heavy atom. The maximum Gasteiger partial charge on any atom is 0.323 e. The van der Waals surface area contributed by atoms with E-state index in [4.69, 9.17) is 0 Å². The standard InChI is InChI=1S/C14H15N3O2S/c1-10(18)12-3-4-13(15-7-12)16-14(19)17(2)8-11-5-6-20-9-11/h3-7,9H,8H2,1-2H3,(H,15,16,19). The molecule has 0 unspecified atom stereocenters. The number of ketones is 1. The van der Waals surface area contributed by atoms with E-state index in [0.29, 0.717) is 17.9 Å². The zero-order valence-electron chi connectivity index (χ0n) is 11.3. The Kier molecular flexibility index (Phi) is 4.47. The molecule has 1 N–H and O–H groups in total. The van der Waals surface area contributed by atoms with Crippen LogP contribution in [0.2, 0.25) is 0 Å². The number of pyridine rings is 1. The van der Waals surface area contributed by atoms with E-state index in [2.05, 4.69) is 10.3 Å². The van der Waals surface area contributed by atoms with Crippen LogP contribution in [-0.2, 0) is 6.54 Å². The second-order valence-corrected chi connectivity index (χ2v) is 5.19. The van der Waals surface area contributed by atoms with Gasteiger partial charge in [0.1, 0.15) is 5.82 Å². The molecular formula is C14H15N3O2S. The van der Waals surface area contributed by atoms with Crippen molar-refractivity contribution in [3.8, 4) is 0 Å². The van der Waals surface area contributed by atoms with Crippen LogP contribution in [0.1, 0.15) is 22.8 Å². The predicted octanol–water partition coefficient (Wildman–Crippen LogP) is 3.01. The van der Waals surface area contributed by atoms with Gasteiger partial charge < -0.3 is 4.90 Å². The highest BCUT2D eigenvalue weighted by Gasteiger charge is 2.10. The normalized spacial score (nSPS) is 10.1. The summed E-state index contributed by atoms with van der Waals surface area (Å²) in [6, 6.07) is 5.00. The molecule has 0 saturated heterocycles. The zero-order valence-corrected chi connectivity index (χ0v) is 12.1. The minimum atomic E-state index is -0.237. The molecule has 0 fully saturated rings. The van der Waals surface area contributed by atoms with Gasteiger partial charge in [0.05, 0.1) is 0 Å². The van der Waals surface area contributed by atoms with Crippen molar-refractivity contribution < 1.29 is 9.59 Å². The summed E-state index contributed by atoms with van der Waals surface area (Å²) in [6.45, 7) is 2.02. The van der Waals surface area contributed by atoms with Crippen LogP contribution >= 0.6 is 11.3 Å². The van der Waals surface area contributed by atoms with Crippen LogP contribution in [0.4, 0.5) is 10.6 Å². The topological polar surface area (TPSA) is 62.3 Å². The average Bonchev–Trinajstić information content (AvgIpc) is 2.92. The zero-order chi connectivity index (χ0) is 14.5. The van der Waals surface area contributed by atoms with Crippen molar-refractivity contribution in [1.82, 2.24) is 9.88 Å². The first-order valence-electron chi connectivity index (χ1n) is 6.06. The first kappa shape index (κ1) is 14.2. The lowest BCUT2D eigenvalue weighted by molar-refractivity contribution is 0.101. The molecule has 0 aromatic carbocycles. The highest BCUT2D eigenvalue weighted by molar-refractivity contribution is 7.07. The number of thiophene rings is 1. The van der Waals surface area contributed by atoms with Crippen LogP contribution in [0.15, 0.2) is 35.2 Å². The molecule has 2 aromatic rings. The number of hydrogen-bond donors (Lipinski definition) is 1. The van der Waals surface area contributed by atoms with Gasteiger partial charge in [0.15, 0.2) is 5.78 Å². The third-order valence-corrected chi connectivity index (χ3v) is 3.48. The lowest BCUT2D eigenvalue weighted by Gasteiger charge is -2.16. The molecule has 2 amide bonds. The number of carbonyl (C=O) groups excluding carboxylic acids is 2. The highest BCUT2D eigenvalue weighted by Crippen LogP contribution is 2.10. The lowest BCUT2D eigenvalue weighted by Crippen LogP contribution is -2.31. The van der Waals surface area contributed by atoms with Gasteiger partial charge in [0.25, 0.3) is 0 Å². The van der Waals surface area contributed by atoms with E-state index in [9.17, 15) is 9.59 Å². The van der Waals surface area contributed by atoms with E-state index in [1.807, 2.05) is 16.8 Å². The fourth-order valence-electron chi connectivity index (χ4n) is 1.61. The van der Waals surface area contributed by atoms with Crippen molar-refractivity contribution in [2.75, 3.05) is 12.4 Å². The summed E-state index contributed by atoms with van der Waals surface area (Å²) < 4.78 is 0. The Balaban J connectivity index is 1.95.